The van der Waals surface area contributed by atoms with Crippen LogP contribution in [0.15, 0.2) is 18.3 Å². The van der Waals surface area contributed by atoms with E-state index in [4.69, 9.17) is 12.2 Å². The van der Waals surface area contributed by atoms with Gasteiger partial charge in [0.1, 0.15) is 4.64 Å². The Morgan fingerprint density at radius 3 is 2.38 bits per heavy atom. The molecule has 3 rings (SSSR count). The number of nitrogens with one attached hydrogen (secondary N) is 1. The molecule has 142 valence electrons. The smallest absolute Gasteiger partial charge is 0.256 e. The molecule has 0 spiro atoms. The second-order valence-electron chi connectivity index (χ2n) is 7.73. The Morgan fingerprint density at radius 1 is 1.12 bits per heavy atom. The van der Waals surface area contributed by atoms with Crippen LogP contribution in [0.3, 0.4) is 0 Å². The zero-order valence-corrected chi connectivity index (χ0v) is 16.4. The van der Waals surface area contributed by atoms with E-state index >= 15 is 0 Å². The highest BCUT2D eigenvalue weighted by atomic mass is 32.1. The number of likely N-dealkylation sites (tertiary alicyclic amines) is 1. The van der Waals surface area contributed by atoms with Crippen molar-refractivity contribution in [3.05, 3.63) is 28.5 Å². The third-order valence-corrected chi connectivity index (χ3v) is 5.63. The predicted octanol–water partition coefficient (Wildman–Crippen LogP) is 2.01. The van der Waals surface area contributed by atoms with Gasteiger partial charge in [-0.25, -0.2) is 0 Å². The molecule has 2 saturated heterocycles. The summed E-state index contributed by atoms with van der Waals surface area (Å²) in [5.41, 5.74) is 0.545. The van der Waals surface area contributed by atoms with Crippen LogP contribution < -0.4 is 0 Å². The first-order chi connectivity index (χ1) is 12.4. The Kier molecular flexibility index (Phi) is 6.09. The number of aromatic amines is 1. The maximum Gasteiger partial charge on any atom is 0.256 e. The number of pyridine rings is 1. The molecule has 0 aliphatic carbocycles. The number of hydrogen-bond donors (Lipinski definition) is 1. The van der Waals surface area contributed by atoms with Crippen LogP contribution in [0, 0.1) is 16.5 Å². The number of nitrogens with zero attached hydrogens (tertiary/aromatic N) is 3. The number of hydrogen-bond acceptors (Lipinski definition) is 4. The van der Waals surface area contributed by atoms with Gasteiger partial charge < -0.3 is 14.8 Å². The highest BCUT2D eigenvalue weighted by molar-refractivity contribution is 7.71. The number of rotatable bonds is 3. The summed E-state index contributed by atoms with van der Waals surface area (Å²) < 4.78 is 0.475. The first-order valence-corrected chi connectivity index (χ1v) is 9.82. The van der Waals surface area contributed by atoms with Crippen molar-refractivity contribution in [2.75, 3.05) is 45.8 Å². The van der Waals surface area contributed by atoms with Crippen molar-refractivity contribution >= 4 is 24.0 Å². The molecular weight excluding hydrogens is 348 g/mol. The summed E-state index contributed by atoms with van der Waals surface area (Å²) in [6, 6.07) is 3.55. The van der Waals surface area contributed by atoms with Gasteiger partial charge in [-0.1, -0.05) is 26.1 Å². The molecule has 6 nitrogen and oxygen atoms in total. The van der Waals surface area contributed by atoms with Gasteiger partial charge in [0.25, 0.3) is 5.91 Å². The quantitative estimate of drug-likeness (QED) is 0.820. The molecule has 0 aromatic carbocycles. The standard InChI is InChI=1S/C19H28N4O2S/c1-14-10-15(2)12-23(11-14)17(24)13-21-6-8-22(9-7-21)19(25)16-4-3-5-20-18(16)26/h3-5,14-15H,6-13H2,1-2H3,(H,20,26)/t14-,15-/m1/s1. The fourth-order valence-corrected chi connectivity index (χ4v) is 4.25. The van der Waals surface area contributed by atoms with Gasteiger partial charge in [-0.2, -0.15) is 0 Å². The van der Waals surface area contributed by atoms with E-state index < -0.39 is 0 Å². The van der Waals surface area contributed by atoms with Crippen LogP contribution in [0.2, 0.25) is 0 Å². The zero-order chi connectivity index (χ0) is 18.7. The molecule has 2 aliphatic heterocycles. The molecular formula is C19H28N4O2S. The summed E-state index contributed by atoms with van der Waals surface area (Å²) in [6.45, 7) is 9.32. The second kappa shape index (κ2) is 8.31. The average Bonchev–Trinajstić information content (AvgIpc) is 2.61. The SMILES string of the molecule is C[C@@H]1C[C@@H](C)CN(C(=O)CN2CCN(C(=O)c3ccc[nH]c3=S)CC2)C1. The van der Waals surface area contributed by atoms with Crippen LogP contribution in [0.4, 0.5) is 0 Å². The Hall–Kier alpha value is -1.73. The number of piperidine rings is 1. The van der Waals surface area contributed by atoms with E-state index in [1.54, 1.807) is 18.3 Å². The summed E-state index contributed by atoms with van der Waals surface area (Å²) in [6.07, 6.45) is 2.93. The van der Waals surface area contributed by atoms with Gasteiger partial charge in [0, 0.05) is 45.5 Å². The third kappa shape index (κ3) is 4.51. The molecule has 1 N–H and O–H groups in total. The van der Waals surface area contributed by atoms with Crippen LogP contribution in [-0.4, -0.2) is 77.3 Å². The van der Waals surface area contributed by atoms with Crippen molar-refractivity contribution < 1.29 is 9.59 Å². The molecule has 1 aromatic heterocycles. The molecule has 0 saturated carbocycles. The van der Waals surface area contributed by atoms with Gasteiger partial charge in [-0.15, -0.1) is 0 Å². The summed E-state index contributed by atoms with van der Waals surface area (Å²) in [7, 11) is 0. The molecule has 2 fully saturated rings. The topological polar surface area (TPSA) is 59.7 Å². The van der Waals surface area contributed by atoms with Crippen molar-refractivity contribution in [3.63, 3.8) is 0 Å². The minimum atomic E-state index is -0.0310. The van der Waals surface area contributed by atoms with Gasteiger partial charge in [0.2, 0.25) is 5.91 Å². The van der Waals surface area contributed by atoms with Crippen molar-refractivity contribution in [1.29, 1.82) is 0 Å². The highest BCUT2D eigenvalue weighted by Gasteiger charge is 2.28. The fraction of sp³-hybridized carbons (Fsp3) is 0.632. The largest absolute Gasteiger partial charge is 0.352 e. The Morgan fingerprint density at radius 2 is 1.77 bits per heavy atom. The Bertz CT molecular complexity index is 701. The number of carbonyl (C=O) groups excluding carboxylic acids is 2. The number of carbonyl (C=O) groups is 2. The average molecular weight is 377 g/mol. The monoisotopic (exact) mass is 376 g/mol. The molecule has 0 unspecified atom stereocenters. The van der Waals surface area contributed by atoms with E-state index in [2.05, 4.69) is 23.7 Å². The van der Waals surface area contributed by atoms with Crippen LogP contribution in [0.5, 0.6) is 0 Å². The van der Waals surface area contributed by atoms with Gasteiger partial charge in [0.05, 0.1) is 12.1 Å². The molecule has 7 heteroatoms. The minimum absolute atomic E-state index is 0.0310. The predicted molar refractivity (Wildman–Crippen MR) is 103 cm³/mol. The van der Waals surface area contributed by atoms with Crippen LogP contribution in [0.1, 0.15) is 30.6 Å². The molecule has 3 heterocycles. The molecule has 2 amide bonds. The van der Waals surface area contributed by atoms with E-state index in [0.29, 0.717) is 41.7 Å². The molecule has 2 atom stereocenters. The lowest BCUT2D eigenvalue weighted by Crippen LogP contribution is -2.53. The molecule has 0 bridgehead atoms. The number of piperazine rings is 1. The zero-order valence-electron chi connectivity index (χ0n) is 15.6. The third-order valence-electron chi connectivity index (χ3n) is 5.29. The lowest BCUT2D eigenvalue weighted by atomic mass is 9.92. The summed E-state index contributed by atoms with van der Waals surface area (Å²) in [5.74, 6) is 1.34. The van der Waals surface area contributed by atoms with E-state index in [1.807, 2.05) is 9.80 Å². The Labute approximate surface area is 160 Å². The number of amides is 2. The fourth-order valence-electron chi connectivity index (χ4n) is 4.03. The van der Waals surface area contributed by atoms with Gasteiger partial charge >= 0.3 is 0 Å². The molecule has 0 radical (unpaired) electrons. The summed E-state index contributed by atoms with van der Waals surface area (Å²) in [5, 5.41) is 0. The van der Waals surface area contributed by atoms with Crippen molar-refractivity contribution in [2.24, 2.45) is 11.8 Å². The van der Waals surface area contributed by atoms with E-state index in [-0.39, 0.29) is 11.8 Å². The molecule has 2 aliphatic rings. The number of aromatic nitrogens is 1. The first kappa shape index (κ1) is 19.0. The minimum Gasteiger partial charge on any atom is -0.352 e. The van der Waals surface area contributed by atoms with E-state index in [9.17, 15) is 9.59 Å². The normalized spacial score (nSPS) is 24.5. The number of H-pyrrole nitrogens is 1. The maximum absolute atomic E-state index is 12.6. The van der Waals surface area contributed by atoms with Gasteiger partial charge in [-0.05, 0) is 30.4 Å². The molecule has 26 heavy (non-hydrogen) atoms. The first-order valence-electron chi connectivity index (χ1n) is 9.41. The second-order valence-corrected chi connectivity index (χ2v) is 8.13. The maximum atomic E-state index is 12.6. The highest BCUT2D eigenvalue weighted by Crippen LogP contribution is 2.21. The van der Waals surface area contributed by atoms with Crippen LogP contribution >= 0.6 is 12.2 Å². The lowest BCUT2D eigenvalue weighted by Gasteiger charge is -2.38. The van der Waals surface area contributed by atoms with Gasteiger partial charge in [-0.3, -0.25) is 14.5 Å². The van der Waals surface area contributed by atoms with Crippen LogP contribution in [-0.2, 0) is 4.79 Å². The van der Waals surface area contributed by atoms with E-state index in [1.165, 1.54) is 6.42 Å². The van der Waals surface area contributed by atoms with Crippen LogP contribution in [0.25, 0.3) is 0 Å². The molecule has 1 aromatic rings. The van der Waals surface area contributed by atoms with Crippen molar-refractivity contribution in [1.82, 2.24) is 19.7 Å². The van der Waals surface area contributed by atoms with E-state index in [0.717, 1.165) is 26.2 Å². The van der Waals surface area contributed by atoms with Crippen molar-refractivity contribution in [3.8, 4) is 0 Å². The Balaban J connectivity index is 1.51. The lowest BCUT2D eigenvalue weighted by molar-refractivity contribution is -0.135. The van der Waals surface area contributed by atoms with Crippen molar-refractivity contribution in [2.45, 2.75) is 20.3 Å². The summed E-state index contributed by atoms with van der Waals surface area (Å²) in [4.78, 5) is 34.1. The van der Waals surface area contributed by atoms with Gasteiger partial charge in [0.15, 0.2) is 0 Å². The summed E-state index contributed by atoms with van der Waals surface area (Å²) >= 11 is 5.21.